The second-order valence-electron chi connectivity index (χ2n) is 14.4. The van der Waals surface area contributed by atoms with Crippen molar-refractivity contribution in [1.29, 1.82) is 0 Å². The molecule has 5 heteroatoms. The van der Waals surface area contributed by atoms with Crippen molar-refractivity contribution in [2.75, 3.05) is 0 Å². The molecule has 0 fully saturated rings. The summed E-state index contributed by atoms with van der Waals surface area (Å²) in [7, 11) is 0. The van der Waals surface area contributed by atoms with Crippen molar-refractivity contribution in [3.8, 4) is 34.4 Å². The number of nitrogens with zero attached hydrogens (tertiary/aromatic N) is 5. The first kappa shape index (κ1) is 30.8. The summed E-state index contributed by atoms with van der Waals surface area (Å²) in [6.07, 6.45) is 0. The summed E-state index contributed by atoms with van der Waals surface area (Å²) in [5.74, 6) is 1.84. The van der Waals surface area contributed by atoms with Crippen LogP contribution in [0.4, 0.5) is 0 Å². The number of rotatable bonds is 4. The average molecular weight is 714 g/mol. The molecule has 0 spiro atoms. The van der Waals surface area contributed by atoms with Crippen molar-refractivity contribution >= 4 is 75.9 Å². The van der Waals surface area contributed by atoms with Crippen LogP contribution in [0.25, 0.3) is 110 Å². The highest BCUT2D eigenvalue weighted by molar-refractivity contribution is 6.26. The molecule has 0 aliphatic carbocycles. The number of aromatic nitrogens is 5. The van der Waals surface area contributed by atoms with E-state index in [-0.39, 0.29) is 0 Å². The third kappa shape index (κ3) is 4.46. The highest BCUT2D eigenvalue weighted by Crippen LogP contribution is 2.43. The Morgan fingerprint density at radius 1 is 0.304 bits per heavy atom. The van der Waals surface area contributed by atoms with Gasteiger partial charge in [0.1, 0.15) is 0 Å². The topological polar surface area (TPSA) is 48.5 Å². The Hall–Kier alpha value is -7.63. The summed E-state index contributed by atoms with van der Waals surface area (Å²) in [6, 6.07) is 66.7. The molecule has 0 aliphatic rings. The van der Waals surface area contributed by atoms with Gasteiger partial charge in [0.05, 0.1) is 27.8 Å². The first-order chi connectivity index (χ1) is 27.8. The molecule has 0 radical (unpaired) electrons. The zero-order valence-corrected chi connectivity index (χ0v) is 30.1. The minimum Gasteiger partial charge on any atom is -0.309 e. The maximum Gasteiger partial charge on any atom is 0.238 e. The standard InChI is InChI=1S/C51H31N5/c1-4-20-35-32(14-1)17-11-25-40(35)49-52-50(41-26-12-18-33-15-2-5-21-36(33)41)54-51(53-49)56-44-27-9-7-23-38(44)39-30-31-46-47(48(39)56)42-24-8-10-28-45(42)55(46)43-29-13-19-34-16-3-6-22-37(34)43/h1-31H. The monoisotopic (exact) mass is 713 g/mol. The highest BCUT2D eigenvalue weighted by Gasteiger charge is 2.24. The molecule has 9 aromatic carbocycles. The normalized spacial score (nSPS) is 11.9. The van der Waals surface area contributed by atoms with Crippen LogP contribution in [-0.2, 0) is 0 Å². The smallest absolute Gasteiger partial charge is 0.238 e. The number of fused-ring (bicyclic) bond motifs is 10. The van der Waals surface area contributed by atoms with E-state index in [1.807, 2.05) is 0 Å². The lowest BCUT2D eigenvalue weighted by atomic mass is 10.0. The molecule has 0 saturated heterocycles. The van der Waals surface area contributed by atoms with Gasteiger partial charge in [-0.25, -0.2) is 4.98 Å². The van der Waals surface area contributed by atoms with Gasteiger partial charge in [-0.05, 0) is 51.2 Å². The summed E-state index contributed by atoms with van der Waals surface area (Å²) >= 11 is 0. The predicted octanol–water partition coefficient (Wildman–Crippen LogP) is 12.9. The minimum atomic E-state index is 0.576. The van der Waals surface area contributed by atoms with Gasteiger partial charge in [-0.15, -0.1) is 0 Å². The molecule has 3 aromatic heterocycles. The Morgan fingerprint density at radius 2 is 0.786 bits per heavy atom. The Balaban J connectivity index is 1.24. The molecule has 0 saturated carbocycles. The van der Waals surface area contributed by atoms with Crippen molar-refractivity contribution in [2.45, 2.75) is 0 Å². The van der Waals surface area contributed by atoms with Crippen LogP contribution in [-0.4, -0.2) is 24.1 Å². The second-order valence-corrected chi connectivity index (χ2v) is 14.4. The first-order valence-electron chi connectivity index (χ1n) is 19.0. The lowest BCUT2D eigenvalue weighted by Crippen LogP contribution is -2.07. The van der Waals surface area contributed by atoms with Gasteiger partial charge in [0.15, 0.2) is 11.6 Å². The third-order valence-corrected chi connectivity index (χ3v) is 11.4. The number of hydrogen-bond acceptors (Lipinski definition) is 3. The van der Waals surface area contributed by atoms with Gasteiger partial charge in [-0.3, -0.25) is 4.57 Å². The molecule has 12 rings (SSSR count). The van der Waals surface area contributed by atoms with Crippen LogP contribution in [0.3, 0.4) is 0 Å². The molecular weight excluding hydrogens is 683 g/mol. The Labute approximate surface area is 321 Å². The fourth-order valence-electron chi connectivity index (χ4n) is 8.93. The molecule has 0 amide bonds. The van der Waals surface area contributed by atoms with E-state index in [2.05, 4.69) is 197 Å². The first-order valence-corrected chi connectivity index (χ1v) is 19.0. The van der Waals surface area contributed by atoms with Gasteiger partial charge in [0, 0.05) is 38.1 Å². The highest BCUT2D eigenvalue weighted by atomic mass is 15.2. The van der Waals surface area contributed by atoms with Crippen LogP contribution in [0.15, 0.2) is 188 Å². The van der Waals surface area contributed by atoms with Crippen LogP contribution >= 0.6 is 0 Å². The van der Waals surface area contributed by atoms with Gasteiger partial charge in [0.25, 0.3) is 0 Å². The van der Waals surface area contributed by atoms with E-state index in [0.717, 1.165) is 76.6 Å². The average Bonchev–Trinajstić information content (AvgIpc) is 3.78. The fraction of sp³-hybridized carbons (Fsp3) is 0. The molecule has 0 bridgehead atoms. The Kier molecular flexibility index (Phi) is 6.56. The zero-order chi connectivity index (χ0) is 36.7. The van der Waals surface area contributed by atoms with Crippen molar-refractivity contribution in [3.63, 3.8) is 0 Å². The van der Waals surface area contributed by atoms with Gasteiger partial charge in [-0.2, -0.15) is 9.97 Å². The van der Waals surface area contributed by atoms with Gasteiger partial charge in [-0.1, -0.05) is 164 Å². The molecule has 0 atom stereocenters. The van der Waals surface area contributed by atoms with Crippen LogP contribution in [0.2, 0.25) is 0 Å². The number of hydrogen-bond donors (Lipinski definition) is 0. The molecular formula is C51H31N5. The van der Waals surface area contributed by atoms with Gasteiger partial charge < -0.3 is 4.57 Å². The molecule has 0 unspecified atom stereocenters. The van der Waals surface area contributed by atoms with Gasteiger partial charge in [0.2, 0.25) is 5.95 Å². The summed E-state index contributed by atoms with van der Waals surface area (Å²) < 4.78 is 4.70. The number of para-hydroxylation sites is 2. The molecule has 0 aliphatic heterocycles. The van der Waals surface area contributed by atoms with Crippen molar-refractivity contribution in [2.24, 2.45) is 0 Å². The Morgan fingerprint density at radius 3 is 1.43 bits per heavy atom. The lowest BCUT2D eigenvalue weighted by molar-refractivity contribution is 0.957. The molecule has 12 aromatic rings. The van der Waals surface area contributed by atoms with Crippen molar-refractivity contribution < 1.29 is 0 Å². The summed E-state index contributed by atoms with van der Waals surface area (Å²) in [4.78, 5) is 16.1. The molecule has 56 heavy (non-hydrogen) atoms. The Bertz CT molecular complexity index is 3440. The maximum absolute atomic E-state index is 5.43. The minimum absolute atomic E-state index is 0.576. The van der Waals surface area contributed by atoms with E-state index in [1.165, 1.54) is 16.2 Å². The van der Waals surface area contributed by atoms with E-state index in [9.17, 15) is 0 Å². The van der Waals surface area contributed by atoms with Crippen LogP contribution < -0.4 is 0 Å². The van der Waals surface area contributed by atoms with Gasteiger partial charge >= 0.3 is 0 Å². The molecule has 3 heterocycles. The van der Waals surface area contributed by atoms with E-state index >= 15 is 0 Å². The fourth-order valence-corrected chi connectivity index (χ4v) is 8.93. The summed E-state index contributed by atoms with van der Waals surface area (Å²) in [5, 5.41) is 11.5. The van der Waals surface area contributed by atoms with Crippen molar-refractivity contribution in [3.05, 3.63) is 188 Å². The maximum atomic E-state index is 5.43. The third-order valence-electron chi connectivity index (χ3n) is 11.4. The number of benzene rings is 9. The predicted molar refractivity (Wildman–Crippen MR) is 232 cm³/mol. The SMILES string of the molecule is c1ccc2c(-c3nc(-c4cccc5ccccc45)nc(-n4c5ccccc5c5ccc6c(c7ccccc7n6-c6cccc7ccccc67)c54)n3)cccc2c1. The van der Waals surface area contributed by atoms with Crippen LogP contribution in [0.5, 0.6) is 0 Å². The van der Waals surface area contributed by atoms with Crippen LogP contribution in [0, 0.1) is 0 Å². The second kappa shape index (κ2) is 11.9. The largest absolute Gasteiger partial charge is 0.309 e. The van der Waals surface area contributed by atoms with E-state index in [4.69, 9.17) is 15.0 Å². The quantitative estimate of drug-likeness (QED) is 0.182. The molecule has 0 N–H and O–H groups in total. The molecule has 5 nitrogen and oxygen atoms in total. The van der Waals surface area contributed by atoms with Crippen LogP contribution in [0.1, 0.15) is 0 Å². The summed E-state index contributed by atoms with van der Waals surface area (Å²) in [6.45, 7) is 0. The lowest BCUT2D eigenvalue weighted by Gasteiger charge is -2.14. The van der Waals surface area contributed by atoms with E-state index < -0.39 is 0 Å². The zero-order valence-electron chi connectivity index (χ0n) is 30.1. The summed E-state index contributed by atoms with van der Waals surface area (Å²) in [5.41, 5.74) is 7.45. The molecule has 260 valence electrons. The van der Waals surface area contributed by atoms with Crippen molar-refractivity contribution in [1.82, 2.24) is 24.1 Å². The van der Waals surface area contributed by atoms with E-state index in [1.54, 1.807) is 0 Å². The van der Waals surface area contributed by atoms with E-state index in [0.29, 0.717) is 17.6 Å².